The Morgan fingerprint density at radius 2 is 1.97 bits per heavy atom. The molecule has 0 bridgehead atoms. The van der Waals surface area contributed by atoms with Crippen LogP contribution in [0.2, 0.25) is 0 Å². The van der Waals surface area contributed by atoms with E-state index in [1.54, 1.807) is 13.8 Å². The van der Waals surface area contributed by atoms with Crippen LogP contribution in [0.3, 0.4) is 0 Å². The third-order valence-electron chi connectivity index (χ3n) is 5.22. The van der Waals surface area contributed by atoms with Crippen LogP contribution in [-0.2, 0) is 27.9 Å². The van der Waals surface area contributed by atoms with Gasteiger partial charge in [0.05, 0.1) is 18.7 Å². The highest BCUT2D eigenvalue weighted by Crippen LogP contribution is 2.37. The molecule has 0 aliphatic heterocycles. The number of likely N-dealkylation sites (N-methyl/N-ethyl adjacent to an activating group) is 1. The highest BCUT2D eigenvalue weighted by atomic mass is 32.1. The molecule has 2 heterocycles. The summed E-state index contributed by atoms with van der Waals surface area (Å²) >= 11 is 0.979. The number of aliphatic carboxylic acids is 1. The molecule has 2 amide bonds. The Morgan fingerprint density at radius 1 is 1.24 bits per heavy atom. The molecule has 9 nitrogen and oxygen atoms in total. The third-order valence-corrected chi connectivity index (χ3v) is 6.52. The van der Waals surface area contributed by atoms with E-state index in [0.717, 1.165) is 32.7 Å². The maximum atomic E-state index is 13.1. The fraction of sp³-hybridized carbons (Fsp3) is 0.304. The Kier molecular flexibility index (Phi) is 7.17. The molecule has 2 aromatic heterocycles. The molecule has 10 heteroatoms. The van der Waals surface area contributed by atoms with Crippen molar-refractivity contribution in [3.63, 3.8) is 0 Å². The zero-order chi connectivity index (χ0) is 24.3. The van der Waals surface area contributed by atoms with Gasteiger partial charge in [-0.2, -0.15) is 0 Å². The van der Waals surface area contributed by atoms with E-state index in [-0.39, 0.29) is 28.6 Å². The molecule has 3 rings (SSSR count). The van der Waals surface area contributed by atoms with Crippen LogP contribution in [0, 0.1) is 6.92 Å². The second kappa shape index (κ2) is 9.86. The summed E-state index contributed by atoms with van der Waals surface area (Å²) in [5.74, 6) is -2.37. The lowest BCUT2D eigenvalue weighted by molar-refractivity contribution is -0.137. The van der Waals surface area contributed by atoms with Crippen molar-refractivity contribution in [2.24, 2.45) is 7.05 Å². The van der Waals surface area contributed by atoms with Gasteiger partial charge in [-0.15, -0.1) is 11.3 Å². The van der Waals surface area contributed by atoms with Gasteiger partial charge in [0, 0.05) is 25.8 Å². The first-order valence-electron chi connectivity index (χ1n) is 10.2. The zero-order valence-corrected chi connectivity index (χ0v) is 19.6. The fourth-order valence-electron chi connectivity index (χ4n) is 3.57. The molecule has 0 spiro atoms. The first kappa shape index (κ1) is 24.0. The maximum Gasteiger partial charge on any atom is 0.348 e. The van der Waals surface area contributed by atoms with Gasteiger partial charge in [0.1, 0.15) is 16.4 Å². The Hall–Kier alpha value is -3.66. The van der Waals surface area contributed by atoms with Crippen molar-refractivity contribution in [2.45, 2.75) is 20.4 Å². The van der Waals surface area contributed by atoms with E-state index >= 15 is 0 Å². The molecule has 0 unspecified atom stereocenters. The molecule has 0 saturated carbocycles. The number of fused-ring (bicyclic) bond motifs is 1. The number of hydrogen-bond acceptors (Lipinski definition) is 6. The van der Waals surface area contributed by atoms with Crippen LogP contribution in [0.4, 0.5) is 5.00 Å². The average molecular weight is 472 g/mol. The summed E-state index contributed by atoms with van der Waals surface area (Å²) < 4.78 is 7.08. The molecule has 3 aromatic rings. The lowest BCUT2D eigenvalue weighted by atomic mass is 10.1. The van der Waals surface area contributed by atoms with Crippen molar-refractivity contribution in [1.82, 2.24) is 9.47 Å². The summed E-state index contributed by atoms with van der Waals surface area (Å²) in [7, 11) is 3.28. The number of aryl methyl sites for hydroxylation is 1. The van der Waals surface area contributed by atoms with Gasteiger partial charge in [0.25, 0.3) is 5.91 Å². The van der Waals surface area contributed by atoms with Crippen molar-refractivity contribution in [3.8, 4) is 0 Å². The fourth-order valence-corrected chi connectivity index (χ4v) is 4.73. The van der Waals surface area contributed by atoms with Crippen LogP contribution in [-0.4, -0.2) is 59.0 Å². The molecular weight excluding hydrogens is 446 g/mol. The van der Waals surface area contributed by atoms with Gasteiger partial charge in [0.2, 0.25) is 6.41 Å². The summed E-state index contributed by atoms with van der Waals surface area (Å²) in [5, 5.41) is 10.4. The van der Waals surface area contributed by atoms with Gasteiger partial charge in [-0.05, 0) is 42.5 Å². The van der Waals surface area contributed by atoms with Gasteiger partial charge in [-0.1, -0.05) is 12.1 Å². The summed E-state index contributed by atoms with van der Waals surface area (Å²) in [6.45, 7) is 3.06. The van der Waals surface area contributed by atoms with E-state index in [1.165, 1.54) is 11.9 Å². The molecule has 1 aromatic carbocycles. The number of rotatable bonds is 9. The first-order chi connectivity index (χ1) is 15.7. The van der Waals surface area contributed by atoms with E-state index in [0.29, 0.717) is 12.0 Å². The van der Waals surface area contributed by atoms with Crippen molar-refractivity contribution >= 4 is 51.5 Å². The number of anilines is 1. The smallest absolute Gasteiger partial charge is 0.348 e. The number of hydrogen-bond donors (Lipinski definition) is 1. The third kappa shape index (κ3) is 4.90. The topological polar surface area (TPSA) is 109 Å². The van der Waals surface area contributed by atoms with Crippen LogP contribution < -0.4 is 4.90 Å². The minimum Gasteiger partial charge on any atom is -0.480 e. The lowest BCUT2D eigenvalue weighted by Crippen LogP contribution is -2.33. The normalized spacial score (nSPS) is 10.8. The van der Waals surface area contributed by atoms with Crippen molar-refractivity contribution in [1.29, 1.82) is 0 Å². The van der Waals surface area contributed by atoms with E-state index in [4.69, 9.17) is 9.84 Å². The summed E-state index contributed by atoms with van der Waals surface area (Å²) in [6, 6.07) is 7.78. The molecule has 33 heavy (non-hydrogen) atoms. The van der Waals surface area contributed by atoms with E-state index in [9.17, 15) is 19.2 Å². The number of benzene rings is 1. The Morgan fingerprint density at radius 3 is 2.61 bits per heavy atom. The number of carboxylic acids is 1. The quantitative estimate of drug-likeness (QED) is 0.380. The largest absolute Gasteiger partial charge is 0.480 e. The van der Waals surface area contributed by atoms with Crippen molar-refractivity contribution < 1.29 is 29.0 Å². The Labute approximate surface area is 194 Å². The van der Waals surface area contributed by atoms with Gasteiger partial charge in [-0.25, -0.2) is 4.79 Å². The number of ether oxygens (including phenoxy) is 1. The summed E-state index contributed by atoms with van der Waals surface area (Å²) in [6.07, 6.45) is 2.54. The number of carbonyl (C=O) groups is 4. The predicted octanol–water partition coefficient (Wildman–Crippen LogP) is 3.04. The highest BCUT2D eigenvalue weighted by molar-refractivity contribution is 7.18. The first-order valence-corrected chi connectivity index (χ1v) is 11.0. The molecule has 0 atom stereocenters. The molecule has 0 aliphatic rings. The standard InChI is InChI=1S/C23H25N3O6S/c1-5-32-23(31)20-14(2)19(21(30)25(4)12-18(28)29)22(33-20)26(13-27)11-15-6-7-16-8-9-24(3)17(16)10-15/h6-10,13H,5,11-12H2,1-4H3,(H,28,29). The van der Waals surface area contributed by atoms with Crippen molar-refractivity contribution in [2.75, 3.05) is 25.1 Å². The second-order valence-corrected chi connectivity index (χ2v) is 8.56. The monoisotopic (exact) mass is 471 g/mol. The van der Waals surface area contributed by atoms with Crippen LogP contribution in [0.1, 0.15) is 38.1 Å². The number of nitrogens with zero attached hydrogens (tertiary/aromatic N) is 3. The predicted molar refractivity (Wildman–Crippen MR) is 125 cm³/mol. The van der Waals surface area contributed by atoms with Gasteiger partial charge in [0.15, 0.2) is 0 Å². The Balaban J connectivity index is 2.06. The van der Waals surface area contributed by atoms with Crippen LogP contribution in [0.5, 0.6) is 0 Å². The zero-order valence-electron chi connectivity index (χ0n) is 18.8. The summed E-state index contributed by atoms with van der Waals surface area (Å²) in [4.78, 5) is 51.5. The van der Waals surface area contributed by atoms with E-state index < -0.39 is 24.4 Å². The molecular formula is C23H25N3O6S. The number of carbonyl (C=O) groups excluding carboxylic acids is 3. The highest BCUT2D eigenvalue weighted by Gasteiger charge is 2.30. The van der Waals surface area contributed by atoms with Crippen LogP contribution in [0.15, 0.2) is 30.5 Å². The molecule has 0 saturated heterocycles. The maximum absolute atomic E-state index is 13.1. The minimum absolute atomic E-state index is 0.110. The molecule has 0 fully saturated rings. The van der Waals surface area contributed by atoms with Gasteiger partial charge < -0.3 is 24.2 Å². The van der Waals surface area contributed by atoms with Gasteiger partial charge in [-0.3, -0.25) is 14.4 Å². The van der Waals surface area contributed by atoms with Crippen LogP contribution >= 0.6 is 11.3 Å². The van der Waals surface area contributed by atoms with E-state index in [1.807, 2.05) is 42.1 Å². The van der Waals surface area contributed by atoms with Crippen LogP contribution in [0.25, 0.3) is 10.9 Å². The Bertz CT molecular complexity index is 1230. The van der Waals surface area contributed by atoms with Gasteiger partial charge >= 0.3 is 11.9 Å². The van der Waals surface area contributed by atoms with E-state index in [2.05, 4.69) is 0 Å². The average Bonchev–Trinajstić information content (AvgIpc) is 3.31. The SMILES string of the molecule is CCOC(=O)c1sc(N(C=O)Cc2ccc3ccn(C)c3c2)c(C(=O)N(C)CC(=O)O)c1C. The number of carboxylic acid groups (broad SMARTS) is 1. The number of thiophene rings is 1. The molecule has 174 valence electrons. The number of esters is 1. The molecule has 0 aliphatic carbocycles. The molecule has 0 radical (unpaired) electrons. The molecule has 1 N–H and O–H groups in total. The number of aromatic nitrogens is 1. The second-order valence-electron chi connectivity index (χ2n) is 7.56. The lowest BCUT2D eigenvalue weighted by Gasteiger charge is -2.20. The van der Waals surface area contributed by atoms with Crippen molar-refractivity contribution in [3.05, 3.63) is 52.0 Å². The minimum atomic E-state index is -1.17. The number of amides is 2. The summed E-state index contributed by atoms with van der Waals surface area (Å²) in [5.41, 5.74) is 2.28.